The topological polar surface area (TPSA) is 71.5 Å². The van der Waals surface area contributed by atoms with E-state index in [4.69, 9.17) is 9.84 Å². The molecule has 1 heterocycles. The van der Waals surface area contributed by atoms with Gasteiger partial charge >= 0.3 is 0 Å². The Morgan fingerprint density at radius 2 is 2.33 bits per heavy atom. The van der Waals surface area contributed by atoms with E-state index in [0.717, 1.165) is 17.1 Å². The average Bonchev–Trinajstić information content (AvgIpc) is 2.99. The number of aliphatic hydroxyl groups is 1. The number of nitrogens with zero attached hydrogens (tertiary/aromatic N) is 1. The van der Waals surface area contributed by atoms with Crippen LogP contribution >= 0.6 is 11.3 Å². The second kappa shape index (κ2) is 7.75. The maximum absolute atomic E-state index is 11.8. The van der Waals surface area contributed by atoms with Crippen LogP contribution in [0.1, 0.15) is 28.0 Å². The fourth-order valence-electron chi connectivity index (χ4n) is 1.73. The van der Waals surface area contributed by atoms with Crippen LogP contribution in [0, 0.1) is 0 Å². The Balaban J connectivity index is 1.95. The third kappa shape index (κ3) is 4.54. The molecule has 1 aromatic heterocycles. The second-order valence-electron chi connectivity index (χ2n) is 4.38. The number of rotatable bonds is 7. The van der Waals surface area contributed by atoms with Gasteiger partial charge in [-0.05, 0) is 24.6 Å². The number of carbonyl (C=O) groups is 1. The largest absolute Gasteiger partial charge is 0.487 e. The molecule has 1 amide bonds. The summed E-state index contributed by atoms with van der Waals surface area (Å²) in [5, 5.41) is 14.4. The summed E-state index contributed by atoms with van der Waals surface area (Å²) in [4.78, 5) is 16.2. The Hall–Kier alpha value is -1.92. The van der Waals surface area contributed by atoms with Crippen molar-refractivity contribution in [3.05, 3.63) is 45.9 Å². The molecule has 0 aliphatic rings. The second-order valence-corrected chi connectivity index (χ2v) is 5.32. The number of thiazole rings is 1. The molecule has 0 radical (unpaired) electrons. The van der Waals surface area contributed by atoms with Crippen molar-refractivity contribution in [3.63, 3.8) is 0 Å². The summed E-state index contributed by atoms with van der Waals surface area (Å²) in [7, 11) is 0. The third-order valence-electron chi connectivity index (χ3n) is 2.78. The zero-order valence-corrected chi connectivity index (χ0v) is 12.7. The summed E-state index contributed by atoms with van der Waals surface area (Å²) in [6, 6.07) is 6.95. The summed E-state index contributed by atoms with van der Waals surface area (Å²) in [5.41, 5.74) is 1.40. The Bertz CT molecular complexity index is 598. The number of aryl methyl sites for hydroxylation is 1. The number of aliphatic hydroxyl groups excluding tert-OH is 1. The van der Waals surface area contributed by atoms with Crippen molar-refractivity contribution < 1.29 is 14.6 Å². The Morgan fingerprint density at radius 3 is 3.05 bits per heavy atom. The van der Waals surface area contributed by atoms with Crippen molar-refractivity contribution >= 4 is 17.2 Å². The molecule has 0 bridgehead atoms. The van der Waals surface area contributed by atoms with Gasteiger partial charge in [0.1, 0.15) is 12.4 Å². The van der Waals surface area contributed by atoms with Gasteiger partial charge in [0.05, 0.1) is 17.3 Å². The van der Waals surface area contributed by atoms with Crippen LogP contribution < -0.4 is 10.1 Å². The van der Waals surface area contributed by atoms with Crippen LogP contribution in [-0.4, -0.2) is 29.1 Å². The monoisotopic (exact) mass is 306 g/mol. The van der Waals surface area contributed by atoms with Crippen LogP contribution in [-0.2, 0) is 13.0 Å². The number of aromatic nitrogens is 1. The molecule has 5 nitrogen and oxygen atoms in total. The van der Waals surface area contributed by atoms with Crippen molar-refractivity contribution in [2.24, 2.45) is 0 Å². The van der Waals surface area contributed by atoms with Crippen LogP contribution in [0.5, 0.6) is 5.75 Å². The molecule has 0 atom stereocenters. The lowest BCUT2D eigenvalue weighted by molar-refractivity contribution is 0.0944. The number of hydrogen-bond donors (Lipinski definition) is 2. The first-order valence-electron chi connectivity index (χ1n) is 6.78. The Morgan fingerprint density at radius 1 is 1.48 bits per heavy atom. The van der Waals surface area contributed by atoms with Gasteiger partial charge in [0, 0.05) is 17.5 Å². The summed E-state index contributed by atoms with van der Waals surface area (Å²) in [6.45, 7) is 2.62. The van der Waals surface area contributed by atoms with Gasteiger partial charge in [-0.25, -0.2) is 4.98 Å². The molecule has 0 saturated heterocycles. The number of ether oxygens (including phenoxy) is 1. The standard InChI is InChI=1S/C15H18N2O3S/c1-2-14-17-12(10-21-14)9-20-13-5-3-4-11(8-13)15(19)16-6-7-18/h3-5,8,10,18H,2,6-7,9H2,1H3,(H,16,19). The highest BCUT2D eigenvalue weighted by molar-refractivity contribution is 7.09. The molecule has 0 saturated carbocycles. The molecule has 0 aliphatic heterocycles. The maximum Gasteiger partial charge on any atom is 0.251 e. The molecule has 112 valence electrons. The van der Waals surface area contributed by atoms with E-state index >= 15 is 0 Å². The predicted octanol–water partition coefficient (Wildman–Crippen LogP) is 2.01. The number of nitrogens with one attached hydrogen (secondary N) is 1. The maximum atomic E-state index is 11.8. The van der Waals surface area contributed by atoms with Gasteiger partial charge in [0.25, 0.3) is 5.91 Å². The van der Waals surface area contributed by atoms with E-state index < -0.39 is 0 Å². The van der Waals surface area contributed by atoms with Gasteiger partial charge in [-0.2, -0.15) is 0 Å². The molecule has 2 aromatic rings. The summed E-state index contributed by atoms with van der Waals surface area (Å²) in [6.07, 6.45) is 0.922. The van der Waals surface area contributed by atoms with Crippen molar-refractivity contribution in [1.82, 2.24) is 10.3 Å². The quantitative estimate of drug-likeness (QED) is 0.821. The average molecular weight is 306 g/mol. The summed E-state index contributed by atoms with van der Waals surface area (Å²) in [5.74, 6) is 0.397. The third-order valence-corrected chi connectivity index (χ3v) is 3.82. The van der Waals surface area contributed by atoms with Crippen molar-refractivity contribution in [1.29, 1.82) is 0 Å². The predicted molar refractivity (Wildman–Crippen MR) is 81.7 cm³/mol. The van der Waals surface area contributed by atoms with E-state index in [2.05, 4.69) is 17.2 Å². The van der Waals surface area contributed by atoms with E-state index in [1.54, 1.807) is 35.6 Å². The molecule has 21 heavy (non-hydrogen) atoms. The van der Waals surface area contributed by atoms with E-state index in [1.807, 2.05) is 5.38 Å². The highest BCUT2D eigenvalue weighted by Crippen LogP contribution is 2.16. The molecule has 1 aromatic carbocycles. The van der Waals surface area contributed by atoms with E-state index in [9.17, 15) is 4.79 Å². The fourth-order valence-corrected chi connectivity index (χ4v) is 2.46. The van der Waals surface area contributed by atoms with E-state index in [1.165, 1.54) is 0 Å². The Labute approximate surface area is 127 Å². The SMILES string of the molecule is CCc1nc(COc2cccc(C(=O)NCCO)c2)cs1. The van der Waals surface area contributed by atoms with Crippen LogP contribution in [0.2, 0.25) is 0 Å². The van der Waals surface area contributed by atoms with Crippen molar-refractivity contribution in [2.45, 2.75) is 20.0 Å². The molecule has 0 spiro atoms. The van der Waals surface area contributed by atoms with Gasteiger partial charge in [-0.1, -0.05) is 13.0 Å². The minimum absolute atomic E-state index is 0.0779. The number of hydrogen-bond acceptors (Lipinski definition) is 5. The molecule has 0 unspecified atom stereocenters. The lowest BCUT2D eigenvalue weighted by Crippen LogP contribution is -2.26. The van der Waals surface area contributed by atoms with E-state index in [-0.39, 0.29) is 19.1 Å². The van der Waals surface area contributed by atoms with Crippen LogP contribution in [0.25, 0.3) is 0 Å². The zero-order chi connectivity index (χ0) is 15.1. The first-order valence-corrected chi connectivity index (χ1v) is 7.66. The van der Waals surface area contributed by atoms with E-state index in [0.29, 0.717) is 17.9 Å². The van der Waals surface area contributed by atoms with Crippen LogP contribution in [0.4, 0.5) is 0 Å². The van der Waals surface area contributed by atoms with Crippen LogP contribution in [0.3, 0.4) is 0 Å². The molecule has 2 N–H and O–H groups in total. The normalized spacial score (nSPS) is 10.4. The first-order chi connectivity index (χ1) is 10.2. The van der Waals surface area contributed by atoms with Gasteiger partial charge in [-0.3, -0.25) is 4.79 Å². The molecule has 0 aliphatic carbocycles. The molecular formula is C15H18N2O3S. The fraction of sp³-hybridized carbons (Fsp3) is 0.333. The first kappa shape index (κ1) is 15.5. The Kier molecular flexibility index (Phi) is 5.71. The number of benzene rings is 1. The number of carbonyl (C=O) groups excluding carboxylic acids is 1. The molecule has 2 rings (SSSR count). The zero-order valence-electron chi connectivity index (χ0n) is 11.8. The van der Waals surface area contributed by atoms with Gasteiger partial charge in [0.2, 0.25) is 0 Å². The van der Waals surface area contributed by atoms with Gasteiger partial charge < -0.3 is 15.2 Å². The molecule has 0 fully saturated rings. The summed E-state index contributed by atoms with van der Waals surface area (Å²) < 4.78 is 5.66. The minimum atomic E-state index is -0.226. The minimum Gasteiger partial charge on any atom is -0.487 e. The lowest BCUT2D eigenvalue weighted by atomic mass is 10.2. The molecular weight excluding hydrogens is 288 g/mol. The van der Waals surface area contributed by atoms with Crippen molar-refractivity contribution in [3.8, 4) is 5.75 Å². The highest BCUT2D eigenvalue weighted by Gasteiger charge is 2.07. The van der Waals surface area contributed by atoms with Gasteiger partial charge in [-0.15, -0.1) is 11.3 Å². The highest BCUT2D eigenvalue weighted by atomic mass is 32.1. The smallest absolute Gasteiger partial charge is 0.251 e. The van der Waals surface area contributed by atoms with Crippen LogP contribution in [0.15, 0.2) is 29.6 Å². The van der Waals surface area contributed by atoms with Crippen molar-refractivity contribution in [2.75, 3.05) is 13.2 Å². The number of amides is 1. The summed E-state index contributed by atoms with van der Waals surface area (Å²) >= 11 is 1.62. The molecule has 6 heteroatoms. The van der Waals surface area contributed by atoms with Gasteiger partial charge in [0.15, 0.2) is 0 Å². The lowest BCUT2D eigenvalue weighted by Gasteiger charge is -2.07.